The monoisotopic (exact) mass is 208 g/mol. The van der Waals surface area contributed by atoms with Gasteiger partial charge in [0.15, 0.2) is 10.4 Å². The predicted octanol–water partition coefficient (Wildman–Crippen LogP) is 1.76. The van der Waals surface area contributed by atoms with Crippen LogP contribution in [-0.2, 0) is 0 Å². The molecule has 0 aliphatic rings. The van der Waals surface area contributed by atoms with Gasteiger partial charge in [0.2, 0.25) is 5.91 Å². The molecule has 1 amide bonds. The highest BCUT2D eigenvalue weighted by atomic mass is 28.2. The molecule has 73 valence electrons. The van der Waals surface area contributed by atoms with E-state index in [1.165, 1.54) is 22.8 Å². The molecule has 3 radical (unpaired) electrons. The standard InChI is InChI=1S/C10H11FNOSi/c1-2-6-12(14)10(13)8-4-3-5-9(11)7-8/h3-5,7H,2,6H2,1H3. The normalized spacial score (nSPS) is 9.93. The lowest BCUT2D eigenvalue weighted by Crippen LogP contribution is -2.28. The Morgan fingerprint density at radius 3 is 2.86 bits per heavy atom. The van der Waals surface area contributed by atoms with Crippen LogP contribution in [0.3, 0.4) is 0 Å². The molecule has 0 heterocycles. The van der Waals surface area contributed by atoms with Crippen LogP contribution in [0.4, 0.5) is 4.39 Å². The van der Waals surface area contributed by atoms with Crippen LogP contribution in [0.2, 0.25) is 0 Å². The van der Waals surface area contributed by atoms with E-state index in [0.29, 0.717) is 12.1 Å². The summed E-state index contributed by atoms with van der Waals surface area (Å²) in [6, 6.07) is 5.66. The molecule has 1 aromatic rings. The lowest BCUT2D eigenvalue weighted by Gasteiger charge is -2.15. The highest BCUT2D eigenvalue weighted by Gasteiger charge is 2.10. The minimum atomic E-state index is -0.396. The third-order valence-corrected chi connectivity index (χ3v) is 2.19. The highest BCUT2D eigenvalue weighted by Crippen LogP contribution is 2.06. The van der Waals surface area contributed by atoms with Crippen LogP contribution in [-0.4, -0.2) is 27.4 Å². The van der Waals surface area contributed by atoms with Crippen molar-refractivity contribution in [1.82, 2.24) is 4.57 Å². The first-order valence-corrected chi connectivity index (χ1v) is 4.88. The third kappa shape index (κ3) is 2.66. The third-order valence-electron chi connectivity index (χ3n) is 1.76. The van der Waals surface area contributed by atoms with Crippen molar-refractivity contribution in [1.29, 1.82) is 0 Å². The van der Waals surface area contributed by atoms with Gasteiger partial charge in [-0.3, -0.25) is 4.79 Å². The van der Waals surface area contributed by atoms with E-state index in [-0.39, 0.29) is 5.91 Å². The summed E-state index contributed by atoms with van der Waals surface area (Å²) >= 11 is 0. The Kier molecular flexibility index (Phi) is 3.82. The first-order valence-electron chi connectivity index (χ1n) is 4.44. The van der Waals surface area contributed by atoms with E-state index >= 15 is 0 Å². The Morgan fingerprint density at radius 1 is 1.57 bits per heavy atom. The van der Waals surface area contributed by atoms with E-state index in [9.17, 15) is 9.18 Å². The number of benzene rings is 1. The smallest absolute Gasteiger partial charge is 0.245 e. The average molecular weight is 208 g/mol. The van der Waals surface area contributed by atoms with Gasteiger partial charge in [0.05, 0.1) is 0 Å². The summed E-state index contributed by atoms with van der Waals surface area (Å²) in [6.07, 6.45) is 0.852. The van der Waals surface area contributed by atoms with E-state index in [2.05, 4.69) is 10.4 Å². The maximum absolute atomic E-state index is 12.8. The molecule has 14 heavy (non-hydrogen) atoms. The van der Waals surface area contributed by atoms with Crippen LogP contribution in [0.5, 0.6) is 0 Å². The summed E-state index contributed by atoms with van der Waals surface area (Å²) < 4.78 is 14.2. The van der Waals surface area contributed by atoms with Crippen molar-refractivity contribution in [2.45, 2.75) is 13.3 Å². The van der Waals surface area contributed by atoms with Crippen molar-refractivity contribution in [2.24, 2.45) is 0 Å². The Morgan fingerprint density at radius 2 is 2.29 bits per heavy atom. The van der Waals surface area contributed by atoms with Crippen molar-refractivity contribution in [3.05, 3.63) is 35.6 Å². The van der Waals surface area contributed by atoms with Crippen LogP contribution in [0, 0.1) is 5.82 Å². The molecule has 0 saturated heterocycles. The molecule has 0 aliphatic heterocycles. The summed E-state index contributed by atoms with van der Waals surface area (Å²) in [5.74, 6) is -0.615. The largest absolute Gasteiger partial charge is 0.367 e. The SMILES string of the molecule is CCCN([Si])C(=O)c1cccc(F)c1. The molecule has 0 N–H and O–H groups in total. The fourth-order valence-corrected chi connectivity index (χ4v) is 1.46. The number of hydrogen-bond acceptors (Lipinski definition) is 1. The van der Waals surface area contributed by atoms with Crippen LogP contribution in [0.1, 0.15) is 23.7 Å². The van der Waals surface area contributed by atoms with Gasteiger partial charge in [0.25, 0.3) is 0 Å². The van der Waals surface area contributed by atoms with Crippen molar-refractivity contribution < 1.29 is 9.18 Å². The first-order chi connectivity index (χ1) is 6.65. The van der Waals surface area contributed by atoms with Gasteiger partial charge in [0.1, 0.15) is 5.82 Å². The summed E-state index contributed by atoms with van der Waals surface area (Å²) in [5.41, 5.74) is 0.355. The molecule has 0 aromatic heterocycles. The molecule has 2 nitrogen and oxygen atoms in total. The minimum Gasteiger partial charge on any atom is -0.367 e. The van der Waals surface area contributed by atoms with Crippen LogP contribution in [0.15, 0.2) is 24.3 Å². The zero-order chi connectivity index (χ0) is 10.6. The van der Waals surface area contributed by atoms with E-state index in [1.54, 1.807) is 6.07 Å². The summed E-state index contributed by atoms with van der Waals surface area (Å²) in [7, 11) is 3.18. The maximum Gasteiger partial charge on any atom is 0.245 e. The van der Waals surface area contributed by atoms with Gasteiger partial charge in [-0.05, 0) is 24.6 Å². The molecule has 0 saturated carbocycles. The molecule has 0 unspecified atom stereocenters. The average Bonchev–Trinajstić information content (AvgIpc) is 2.17. The fraction of sp³-hybridized carbons (Fsp3) is 0.300. The Bertz CT molecular complexity index is 330. The molecule has 1 rings (SSSR count). The Balaban J connectivity index is 2.78. The van der Waals surface area contributed by atoms with Gasteiger partial charge < -0.3 is 4.57 Å². The maximum atomic E-state index is 12.8. The Labute approximate surface area is 86.2 Å². The molecule has 4 heteroatoms. The van der Waals surface area contributed by atoms with Gasteiger partial charge in [0, 0.05) is 12.1 Å². The second-order valence-electron chi connectivity index (χ2n) is 2.97. The number of carbonyl (C=O) groups excluding carboxylic acids is 1. The van der Waals surface area contributed by atoms with Crippen molar-refractivity contribution in [3.63, 3.8) is 0 Å². The van der Waals surface area contributed by atoms with Crippen molar-refractivity contribution >= 4 is 16.3 Å². The molecule has 0 atom stereocenters. The van der Waals surface area contributed by atoms with Crippen LogP contribution in [0.25, 0.3) is 0 Å². The number of hydrogen-bond donors (Lipinski definition) is 0. The lowest BCUT2D eigenvalue weighted by molar-refractivity contribution is 0.0862. The van der Waals surface area contributed by atoms with Gasteiger partial charge >= 0.3 is 0 Å². The molecule has 0 aliphatic carbocycles. The zero-order valence-electron chi connectivity index (χ0n) is 7.96. The van der Waals surface area contributed by atoms with Crippen molar-refractivity contribution in [3.8, 4) is 0 Å². The van der Waals surface area contributed by atoms with Crippen molar-refractivity contribution in [2.75, 3.05) is 6.54 Å². The topological polar surface area (TPSA) is 20.3 Å². The quantitative estimate of drug-likeness (QED) is 0.693. The van der Waals surface area contributed by atoms with E-state index in [0.717, 1.165) is 6.42 Å². The van der Waals surface area contributed by atoms with E-state index < -0.39 is 5.82 Å². The Hall–Kier alpha value is -1.16. The number of rotatable bonds is 3. The van der Waals surface area contributed by atoms with E-state index in [1.807, 2.05) is 6.92 Å². The number of halogens is 1. The minimum absolute atomic E-state index is 0.219. The van der Waals surface area contributed by atoms with Gasteiger partial charge in [-0.2, -0.15) is 0 Å². The molecular formula is C10H11FNOSi. The lowest BCUT2D eigenvalue weighted by atomic mass is 10.2. The summed E-state index contributed by atoms with van der Waals surface area (Å²) in [4.78, 5) is 11.6. The number of carbonyl (C=O) groups is 1. The van der Waals surface area contributed by atoms with Gasteiger partial charge in [-0.25, -0.2) is 4.39 Å². The van der Waals surface area contributed by atoms with Gasteiger partial charge in [-0.1, -0.05) is 13.0 Å². The second-order valence-corrected chi connectivity index (χ2v) is 3.51. The van der Waals surface area contributed by atoms with Gasteiger partial charge in [-0.15, -0.1) is 0 Å². The molecule has 0 fully saturated rings. The number of nitrogens with zero attached hydrogens (tertiary/aromatic N) is 1. The zero-order valence-corrected chi connectivity index (χ0v) is 8.96. The molecule has 0 spiro atoms. The summed E-state index contributed by atoms with van der Waals surface area (Å²) in [5, 5.41) is 0. The summed E-state index contributed by atoms with van der Waals surface area (Å²) in [6.45, 7) is 2.57. The van der Waals surface area contributed by atoms with Crippen LogP contribution < -0.4 is 0 Å². The first kappa shape index (κ1) is 10.9. The van der Waals surface area contributed by atoms with Crippen LogP contribution >= 0.6 is 0 Å². The number of amides is 1. The highest BCUT2D eigenvalue weighted by molar-refractivity contribution is 6.18. The molecule has 1 aromatic carbocycles. The predicted molar refractivity (Wildman–Crippen MR) is 53.5 cm³/mol. The fourth-order valence-electron chi connectivity index (χ4n) is 1.10. The van der Waals surface area contributed by atoms with E-state index in [4.69, 9.17) is 0 Å². The molecule has 0 bridgehead atoms. The molecular weight excluding hydrogens is 197 g/mol. The second kappa shape index (κ2) is 4.90.